The molecule has 2 aromatic heterocycles. The Morgan fingerprint density at radius 2 is 1.85 bits per heavy atom. The summed E-state index contributed by atoms with van der Waals surface area (Å²) >= 11 is 0. The molecular formula is C19H16N6O. The van der Waals surface area contributed by atoms with E-state index in [0.717, 1.165) is 16.5 Å². The highest BCUT2D eigenvalue weighted by Gasteiger charge is 2.11. The maximum atomic E-state index is 12.4. The number of anilines is 1. The van der Waals surface area contributed by atoms with Crippen molar-refractivity contribution < 1.29 is 4.79 Å². The van der Waals surface area contributed by atoms with Gasteiger partial charge in [-0.2, -0.15) is 5.10 Å². The highest BCUT2D eigenvalue weighted by atomic mass is 16.2. The van der Waals surface area contributed by atoms with Gasteiger partial charge >= 0.3 is 0 Å². The lowest BCUT2D eigenvalue weighted by Gasteiger charge is -2.08. The standard InChI is InChI=1S/C19H16N6O/c1-12-6-8-13(9-7-12)16-10-17(23-22-16)19(26)25-24-18-14-4-2-3-5-15(14)20-11-21-18/h2-11H,1H3,(H,22,23)(H,25,26)(H,20,21,24). The number of H-pyrrole nitrogens is 1. The van der Waals surface area contributed by atoms with Crippen LogP contribution in [0.25, 0.3) is 22.2 Å². The van der Waals surface area contributed by atoms with Gasteiger partial charge in [0.1, 0.15) is 12.0 Å². The number of hydrogen-bond acceptors (Lipinski definition) is 5. The molecule has 7 heteroatoms. The molecule has 0 saturated heterocycles. The Morgan fingerprint density at radius 1 is 1.04 bits per heavy atom. The first-order valence-corrected chi connectivity index (χ1v) is 8.09. The lowest BCUT2D eigenvalue weighted by molar-refractivity contribution is 0.0957. The quantitative estimate of drug-likeness (QED) is 0.495. The number of nitrogens with zero attached hydrogens (tertiary/aromatic N) is 3. The molecule has 128 valence electrons. The first kappa shape index (κ1) is 15.8. The summed E-state index contributed by atoms with van der Waals surface area (Å²) in [6.45, 7) is 2.02. The van der Waals surface area contributed by atoms with Gasteiger partial charge in [-0.3, -0.25) is 20.7 Å². The van der Waals surface area contributed by atoms with E-state index in [1.165, 1.54) is 11.9 Å². The molecular weight excluding hydrogens is 328 g/mol. The zero-order valence-electron chi connectivity index (χ0n) is 14.0. The fourth-order valence-corrected chi connectivity index (χ4v) is 2.60. The van der Waals surface area contributed by atoms with Crippen molar-refractivity contribution in [3.05, 3.63) is 72.2 Å². The average molecular weight is 344 g/mol. The third-order valence-electron chi connectivity index (χ3n) is 4.01. The molecule has 7 nitrogen and oxygen atoms in total. The van der Waals surface area contributed by atoms with Crippen molar-refractivity contribution in [2.45, 2.75) is 6.92 Å². The number of hydrogen-bond donors (Lipinski definition) is 3. The van der Waals surface area contributed by atoms with E-state index in [9.17, 15) is 4.79 Å². The smallest absolute Gasteiger partial charge is 0.281 e. The van der Waals surface area contributed by atoms with Crippen LogP contribution in [0, 0.1) is 6.92 Å². The number of amides is 1. The number of fused-ring (bicyclic) bond motifs is 1. The maximum Gasteiger partial charge on any atom is 0.287 e. The van der Waals surface area contributed by atoms with Gasteiger partial charge in [-0.15, -0.1) is 0 Å². The van der Waals surface area contributed by atoms with Crippen LogP contribution in [-0.4, -0.2) is 26.1 Å². The van der Waals surface area contributed by atoms with Crippen molar-refractivity contribution in [3.63, 3.8) is 0 Å². The van der Waals surface area contributed by atoms with Crippen LogP contribution in [0.5, 0.6) is 0 Å². The second kappa shape index (κ2) is 6.64. The summed E-state index contributed by atoms with van der Waals surface area (Å²) < 4.78 is 0. The number of benzene rings is 2. The Morgan fingerprint density at radius 3 is 2.69 bits per heavy atom. The molecule has 0 bridgehead atoms. The van der Waals surface area contributed by atoms with E-state index < -0.39 is 0 Å². The Bertz CT molecular complexity index is 1070. The van der Waals surface area contributed by atoms with Gasteiger partial charge < -0.3 is 0 Å². The van der Waals surface area contributed by atoms with Crippen molar-refractivity contribution in [1.29, 1.82) is 0 Å². The zero-order valence-corrected chi connectivity index (χ0v) is 14.0. The minimum absolute atomic E-state index is 0.335. The van der Waals surface area contributed by atoms with E-state index in [-0.39, 0.29) is 5.91 Å². The Kier molecular flexibility index (Phi) is 4.03. The number of para-hydroxylation sites is 1. The molecule has 4 rings (SSSR count). The van der Waals surface area contributed by atoms with Crippen LogP contribution in [0.4, 0.5) is 5.82 Å². The predicted molar refractivity (Wildman–Crippen MR) is 99.4 cm³/mol. The number of carbonyl (C=O) groups excluding carboxylic acids is 1. The molecule has 1 amide bonds. The molecule has 0 fully saturated rings. The lowest BCUT2D eigenvalue weighted by atomic mass is 10.1. The van der Waals surface area contributed by atoms with Crippen LogP contribution >= 0.6 is 0 Å². The maximum absolute atomic E-state index is 12.4. The van der Waals surface area contributed by atoms with Gasteiger partial charge in [0.15, 0.2) is 5.82 Å². The van der Waals surface area contributed by atoms with Crippen LogP contribution in [-0.2, 0) is 0 Å². The monoisotopic (exact) mass is 344 g/mol. The molecule has 0 saturated carbocycles. The second-order valence-electron chi connectivity index (χ2n) is 5.85. The molecule has 0 aliphatic heterocycles. The summed E-state index contributed by atoms with van der Waals surface area (Å²) in [7, 11) is 0. The lowest BCUT2D eigenvalue weighted by Crippen LogP contribution is -2.30. The third kappa shape index (κ3) is 3.10. The average Bonchev–Trinajstić information content (AvgIpc) is 3.17. The highest BCUT2D eigenvalue weighted by molar-refractivity contribution is 5.95. The van der Waals surface area contributed by atoms with Crippen LogP contribution in [0.15, 0.2) is 60.9 Å². The SMILES string of the molecule is Cc1ccc(-c2cc(C(=O)NNc3ncnc4ccccc34)[nH]n2)cc1. The van der Waals surface area contributed by atoms with Crippen LogP contribution in [0.1, 0.15) is 16.1 Å². The summed E-state index contributed by atoms with van der Waals surface area (Å²) in [6, 6.07) is 17.2. The minimum Gasteiger partial charge on any atom is -0.281 e. The van der Waals surface area contributed by atoms with Crippen LogP contribution < -0.4 is 10.9 Å². The van der Waals surface area contributed by atoms with Crippen molar-refractivity contribution in [1.82, 2.24) is 25.6 Å². The van der Waals surface area contributed by atoms with Crippen LogP contribution in [0.3, 0.4) is 0 Å². The molecule has 4 aromatic rings. The van der Waals surface area contributed by atoms with E-state index in [4.69, 9.17) is 0 Å². The number of aromatic nitrogens is 4. The van der Waals surface area contributed by atoms with Gasteiger partial charge in [-0.05, 0) is 25.1 Å². The predicted octanol–water partition coefficient (Wildman–Crippen LogP) is 3.09. The Labute approximate surface area is 149 Å². The molecule has 0 aliphatic carbocycles. The summed E-state index contributed by atoms with van der Waals surface area (Å²) in [5.41, 5.74) is 9.45. The number of nitrogens with one attached hydrogen (secondary N) is 3. The van der Waals surface area contributed by atoms with Crippen LogP contribution in [0.2, 0.25) is 0 Å². The largest absolute Gasteiger partial charge is 0.287 e. The third-order valence-corrected chi connectivity index (χ3v) is 4.01. The normalized spacial score (nSPS) is 10.7. The van der Waals surface area contributed by atoms with Gasteiger partial charge in [-0.1, -0.05) is 42.0 Å². The highest BCUT2D eigenvalue weighted by Crippen LogP contribution is 2.19. The van der Waals surface area contributed by atoms with E-state index in [1.807, 2.05) is 55.5 Å². The zero-order chi connectivity index (χ0) is 17.9. The summed E-state index contributed by atoms with van der Waals surface area (Å²) in [6.07, 6.45) is 1.45. The van der Waals surface area contributed by atoms with Gasteiger partial charge in [0.05, 0.1) is 11.2 Å². The number of hydrazine groups is 1. The number of carbonyl (C=O) groups is 1. The van der Waals surface area contributed by atoms with Gasteiger partial charge in [0, 0.05) is 10.9 Å². The molecule has 0 atom stereocenters. The first-order valence-electron chi connectivity index (χ1n) is 8.09. The molecule has 0 aliphatic rings. The molecule has 0 radical (unpaired) electrons. The summed E-state index contributed by atoms with van der Waals surface area (Å²) in [5.74, 6) is 0.195. The Hall–Kier alpha value is -3.74. The van der Waals surface area contributed by atoms with E-state index in [2.05, 4.69) is 31.0 Å². The van der Waals surface area contributed by atoms with Gasteiger partial charge in [-0.25, -0.2) is 9.97 Å². The van der Waals surface area contributed by atoms with Crippen molar-refractivity contribution in [2.75, 3.05) is 5.43 Å². The minimum atomic E-state index is -0.335. The summed E-state index contributed by atoms with van der Waals surface area (Å²) in [4.78, 5) is 20.7. The van der Waals surface area contributed by atoms with Crippen molar-refractivity contribution in [2.24, 2.45) is 0 Å². The van der Waals surface area contributed by atoms with Gasteiger partial charge in [0.2, 0.25) is 0 Å². The topological polar surface area (TPSA) is 95.6 Å². The first-order chi connectivity index (χ1) is 12.7. The van der Waals surface area contributed by atoms with Gasteiger partial charge in [0.25, 0.3) is 5.91 Å². The molecule has 0 unspecified atom stereocenters. The fourth-order valence-electron chi connectivity index (χ4n) is 2.60. The number of aryl methyl sites for hydroxylation is 1. The molecule has 2 aromatic carbocycles. The Balaban J connectivity index is 1.49. The molecule has 3 N–H and O–H groups in total. The van der Waals surface area contributed by atoms with E-state index in [0.29, 0.717) is 17.2 Å². The van der Waals surface area contributed by atoms with Crippen molar-refractivity contribution >= 4 is 22.6 Å². The number of aromatic amines is 1. The molecule has 26 heavy (non-hydrogen) atoms. The van der Waals surface area contributed by atoms with E-state index >= 15 is 0 Å². The second-order valence-corrected chi connectivity index (χ2v) is 5.85. The molecule has 2 heterocycles. The molecule has 0 spiro atoms. The number of rotatable bonds is 4. The summed E-state index contributed by atoms with van der Waals surface area (Å²) in [5, 5.41) is 7.78. The fraction of sp³-hybridized carbons (Fsp3) is 0.0526. The van der Waals surface area contributed by atoms with E-state index in [1.54, 1.807) is 6.07 Å². The van der Waals surface area contributed by atoms with Crippen molar-refractivity contribution in [3.8, 4) is 11.3 Å².